The van der Waals surface area contributed by atoms with Crippen molar-refractivity contribution in [3.8, 4) is 0 Å². The van der Waals surface area contributed by atoms with Crippen molar-refractivity contribution in [3.05, 3.63) is 89.5 Å². The first-order valence-corrected chi connectivity index (χ1v) is 19.1. The molecule has 0 bridgehead atoms. The summed E-state index contributed by atoms with van der Waals surface area (Å²) in [4.78, 5) is -0.788. The molecular formula is C33H39F6NO4S3. The molecule has 1 aliphatic heterocycles. The van der Waals surface area contributed by atoms with Gasteiger partial charge >= 0.3 is 36.5 Å². The third-order valence-corrected chi connectivity index (χ3v) is 17.8. The molecule has 14 heteroatoms. The van der Waals surface area contributed by atoms with Gasteiger partial charge in [-0.3, -0.25) is 0 Å². The van der Waals surface area contributed by atoms with Crippen LogP contribution in [-0.2, 0) is 36.3 Å². The highest BCUT2D eigenvalue weighted by Gasteiger charge is 2.90. The van der Waals surface area contributed by atoms with E-state index < -0.39 is 66.1 Å². The highest BCUT2D eigenvalue weighted by Crippen LogP contribution is 2.76. The van der Waals surface area contributed by atoms with Gasteiger partial charge in [-0.2, -0.15) is 26.3 Å². The average Bonchev–Trinajstić information content (AvgIpc) is 2.93. The number of sulfonamides is 2. The van der Waals surface area contributed by atoms with E-state index in [-0.39, 0.29) is 14.7 Å². The van der Waals surface area contributed by atoms with Crippen LogP contribution in [0.15, 0.2) is 87.5 Å². The van der Waals surface area contributed by atoms with Crippen LogP contribution in [0.2, 0.25) is 0 Å². The van der Waals surface area contributed by atoms with E-state index in [2.05, 4.69) is 0 Å². The van der Waals surface area contributed by atoms with E-state index in [1.807, 2.05) is 62.3 Å². The second kappa shape index (κ2) is 11.0. The van der Waals surface area contributed by atoms with Crippen LogP contribution in [0.3, 0.4) is 0 Å². The number of hydrogen-bond donors (Lipinski definition) is 0. The molecule has 0 aromatic heterocycles. The van der Waals surface area contributed by atoms with E-state index in [0.717, 1.165) is 0 Å². The van der Waals surface area contributed by atoms with Crippen molar-refractivity contribution in [1.29, 1.82) is 0 Å². The van der Waals surface area contributed by atoms with Gasteiger partial charge < -0.3 is 0 Å². The molecule has 0 aliphatic carbocycles. The number of nitrogens with zero attached hydrogens (tertiary/aromatic N) is 1. The summed E-state index contributed by atoms with van der Waals surface area (Å²) < 4.78 is 146. The second-order valence-corrected chi connectivity index (χ2v) is 22.0. The lowest BCUT2D eigenvalue weighted by molar-refractivity contribution is -0.248. The molecule has 47 heavy (non-hydrogen) atoms. The fraction of sp³-hybridized carbons (Fsp3) is 0.455. The van der Waals surface area contributed by atoms with Crippen LogP contribution in [0, 0.1) is 0 Å². The molecule has 1 fully saturated rings. The Morgan fingerprint density at radius 1 is 0.468 bits per heavy atom. The van der Waals surface area contributed by atoms with Crippen LogP contribution >= 0.6 is 10.2 Å². The Morgan fingerprint density at radius 2 is 0.681 bits per heavy atom. The molecule has 260 valence electrons. The Balaban J connectivity index is 2.31. The van der Waals surface area contributed by atoms with E-state index in [1.54, 1.807) is 0 Å². The fourth-order valence-electron chi connectivity index (χ4n) is 5.23. The zero-order valence-electron chi connectivity index (χ0n) is 27.5. The van der Waals surface area contributed by atoms with Gasteiger partial charge in [0, 0.05) is 14.7 Å². The van der Waals surface area contributed by atoms with Crippen molar-refractivity contribution in [2.75, 3.05) is 0 Å². The third-order valence-electron chi connectivity index (χ3n) is 8.18. The predicted octanol–water partition coefficient (Wildman–Crippen LogP) is 9.57. The zero-order chi connectivity index (χ0) is 36.0. The highest BCUT2D eigenvalue weighted by atomic mass is 32.4. The van der Waals surface area contributed by atoms with E-state index in [9.17, 15) is 25.6 Å². The maximum atomic E-state index is 15.5. The minimum Gasteiger partial charge on any atom is -0.204 e. The quantitative estimate of drug-likeness (QED) is 0.252. The maximum Gasteiger partial charge on any atom is 0.430 e. The Kier molecular flexibility index (Phi) is 8.71. The van der Waals surface area contributed by atoms with Crippen molar-refractivity contribution in [2.24, 2.45) is 0 Å². The van der Waals surface area contributed by atoms with Crippen molar-refractivity contribution in [2.45, 2.75) is 110 Å². The normalized spacial score (nSPS) is 21.3. The monoisotopic (exact) mass is 723 g/mol. The molecule has 1 saturated heterocycles. The van der Waals surface area contributed by atoms with Crippen molar-refractivity contribution in [3.63, 3.8) is 0 Å². The van der Waals surface area contributed by atoms with E-state index in [1.165, 1.54) is 72.8 Å². The number of alkyl halides is 6. The second-order valence-electron chi connectivity index (χ2n) is 14.7. The average molecular weight is 724 g/mol. The van der Waals surface area contributed by atoms with Crippen LogP contribution < -0.4 is 0 Å². The van der Waals surface area contributed by atoms with E-state index >= 15 is 17.6 Å². The summed E-state index contributed by atoms with van der Waals surface area (Å²) in [5.74, 6) is -6.79. The number of benzene rings is 3. The van der Waals surface area contributed by atoms with Crippen LogP contribution in [0.1, 0.15) is 79.0 Å². The van der Waals surface area contributed by atoms with Gasteiger partial charge in [0.15, 0.2) is 0 Å². The molecule has 1 aliphatic rings. The summed E-state index contributed by atoms with van der Waals surface area (Å²) in [6, 6.07) is 16.7. The predicted molar refractivity (Wildman–Crippen MR) is 172 cm³/mol. The molecule has 3 aromatic carbocycles. The molecule has 0 saturated carbocycles. The number of rotatable bonds is 4. The van der Waals surface area contributed by atoms with Gasteiger partial charge in [-0.25, -0.2) is 16.8 Å². The zero-order valence-corrected chi connectivity index (χ0v) is 30.0. The van der Waals surface area contributed by atoms with Crippen molar-refractivity contribution >= 4 is 30.3 Å². The maximum absolute atomic E-state index is 15.5. The Bertz CT molecular complexity index is 1680. The first-order valence-electron chi connectivity index (χ1n) is 14.6. The Morgan fingerprint density at radius 3 is 0.872 bits per heavy atom. The summed E-state index contributed by atoms with van der Waals surface area (Å²) in [5, 5.41) is -13.0. The standard InChI is InChI=1S/C33H39F6NO4S3/c1-28(2,3)22-10-16-25(17-11-22)45(26-18-12-23(13-19-26)29(4,5)6,27-20-14-24(15-21-27)30(7,8)9)40-46(41,42)32(36,37)31(34,35)33(38,39)47(40,43)44/h10-21H,1-9H3. The van der Waals surface area contributed by atoms with E-state index in [0.29, 0.717) is 16.7 Å². The molecule has 1 heterocycles. The summed E-state index contributed by atoms with van der Waals surface area (Å²) in [5.41, 5.74) is 0.492. The molecule has 0 radical (unpaired) electrons. The van der Waals surface area contributed by atoms with Crippen LogP contribution in [-0.4, -0.2) is 36.4 Å². The molecule has 4 rings (SSSR count). The molecular weight excluding hydrogens is 685 g/mol. The fourth-order valence-corrected chi connectivity index (χ4v) is 15.6. The van der Waals surface area contributed by atoms with Gasteiger partial charge in [0.2, 0.25) is 0 Å². The highest BCUT2D eigenvalue weighted by molar-refractivity contribution is 8.41. The van der Waals surface area contributed by atoms with Gasteiger partial charge in [-0.1, -0.05) is 109 Å². The first-order chi connectivity index (χ1) is 21.0. The SMILES string of the molecule is CC(C)(C)c1ccc(S(c2ccc(C(C)(C)C)cc2)(c2ccc(C(C)(C)C)cc2)N2S(=O)(=O)C(F)(F)C(F)(F)C(F)(F)S2(=O)=O)cc1. The van der Waals surface area contributed by atoms with Gasteiger partial charge in [-0.05, 0) is 72.4 Å². The molecule has 0 N–H and O–H groups in total. The van der Waals surface area contributed by atoms with Crippen molar-refractivity contribution in [1.82, 2.24) is 3.12 Å². The van der Waals surface area contributed by atoms with Gasteiger partial charge in [-0.15, -0.1) is 0 Å². The summed E-state index contributed by atoms with van der Waals surface area (Å²) in [6.45, 7) is 16.6. The Labute approximate surface area is 274 Å². The lowest BCUT2D eigenvalue weighted by Crippen LogP contribution is -2.71. The van der Waals surface area contributed by atoms with Crippen LogP contribution in [0.25, 0.3) is 0 Å². The van der Waals surface area contributed by atoms with E-state index in [4.69, 9.17) is 0 Å². The first kappa shape index (κ1) is 37.3. The molecule has 0 amide bonds. The Hall–Kier alpha value is -2.55. The third kappa shape index (κ3) is 5.41. The smallest absolute Gasteiger partial charge is 0.204 e. The number of hydrogen-bond acceptors (Lipinski definition) is 4. The van der Waals surface area contributed by atoms with Crippen molar-refractivity contribution < 1.29 is 43.2 Å². The molecule has 3 aromatic rings. The van der Waals surface area contributed by atoms with Gasteiger partial charge in [0.1, 0.15) is 0 Å². The summed E-state index contributed by atoms with van der Waals surface area (Å²) >= 11 is 0. The molecule has 0 atom stereocenters. The van der Waals surface area contributed by atoms with Crippen LogP contribution in [0.4, 0.5) is 26.3 Å². The lowest BCUT2D eigenvalue weighted by Gasteiger charge is -2.52. The summed E-state index contributed by atoms with van der Waals surface area (Å²) in [6.07, 6.45) is 0. The topological polar surface area (TPSA) is 71.5 Å². The largest absolute Gasteiger partial charge is 0.430 e. The molecule has 0 spiro atoms. The lowest BCUT2D eigenvalue weighted by atomic mass is 9.87. The van der Waals surface area contributed by atoms with Gasteiger partial charge in [0.05, 0.1) is 0 Å². The molecule has 0 unspecified atom stereocenters. The summed E-state index contributed by atoms with van der Waals surface area (Å²) in [7, 11) is -18.6. The molecule has 5 nitrogen and oxygen atoms in total. The minimum absolute atomic E-state index is 0.263. The van der Waals surface area contributed by atoms with Gasteiger partial charge in [0.25, 0.3) is 0 Å². The number of halogens is 6. The van der Waals surface area contributed by atoms with Crippen LogP contribution in [0.5, 0.6) is 0 Å². The minimum atomic E-state index is -7.09.